The number of carbonyl (C=O) groups is 2. The van der Waals surface area contributed by atoms with Crippen LogP contribution in [0, 0.1) is 6.92 Å². The second-order valence-corrected chi connectivity index (χ2v) is 7.61. The third-order valence-electron chi connectivity index (χ3n) is 5.68. The minimum absolute atomic E-state index is 0.0337. The molecule has 2 amide bonds. The SMILES string of the molecule is Cc1cc(-n2nc3ccccc3n2)cc(CN2C(=O)C3=C(CCCC3)C2=O)c1O. The van der Waals surface area contributed by atoms with Gasteiger partial charge in [-0.05, 0) is 62.4 Å². The van der Waals surface area contributed by atoms with Crippen molar-refractivity contribution in [3.05, 3.63) is 58.7 Å². The summed E-state index contributed by atoms with van der Waals surface area (Å²) in [6.07, 6.45) is 3.19. The highest BCUT2D eigenvalue weighted by atomic mass is 16.3. The van der Waals surface area contributed by atoms with Crippen LogP contribution >= 0.6 is 0 Å². The Morgan fingerprint density at radius 1 is 0.966 bits per heavy atom. The van der Waals surface area contributed by atoms with E-state index in [9.17, 15) is 14.7 Å². The fourth-order valence-electron chi connectivity index (χ4n) is 4.15. The molecule has 3 aromatic rings. The van der Waals surface area contributed by atoms with Crippen molar-refractivity contribution in [3.8, 4) is 11.4 Å². The van der Waals surface area contributed by atoms with E-state index in [1.165, 1.54) is 9.70 Å². The second-order valence-electron chi connectivity index (χ2n) is 7.61. The lowest BCUT2D eigenvalue weighted by molar-refractivity contribution is -0.138. The molecule has 2 aliphatic rings. The van der Waals surface area contributed by atoms with Crippen molar-refractivity contribution in [3.63, 3.8) is 0 Å². The lowest BCUT2D eigenvalue weighted by atomic mass is 9.93. The van der Waals surface area contributed by atoms with Gasteiger partial charge in [-0.25, -0.2) is 0 Å². The van der Waals surface area contributed by atoms with Gasteiger partial charge in [0.05, 0.1) is 12.2 Å². The highest BCUT2D eigenvalue weighted by molar-refractivity contribution is 6.19. The van der Waals surface area contributed by atoms with Crippen molar-refractivity contribution < 1.29 is 14.7 Å². The molecule has 29 heavy (non-hydrogen) atoms. The van der Waals surface area contributed by atoms with E-state index in [1.807, 2.05) is 24.3 Å². The molecule has 0 unspecified atom stereocenters. The van der Waals surface area contributed by atoms with Crippen LogP contribution in [-0.2, 0) is 16.1 Å². The minimum Gasteiger partial charge on any atom is -0.507 e. The van der Waals surface area contributed by atoms with Gasteiger partial charge in [0.15, 0.2) is 0 Å². The lowest BCUT2D eigenvalue weighted by Crippen LogP contribution is -2.31. The predicted octanol–water partition coefficient (Wildman–Crippen LogP) is 3.17. The summed E-state index contributed by atoms with van der Waals surface area (Å²) < 4.78 is 0. The number of imide groups is 1. The number of nitrogens with zero attached hydrogens (tertiary/aromatic N) is 4. The van der Waals surface area contributed by atoms with E-state index in [0.717, 1.165) is 23.9 Å². The maximum Gasteiger partial charge on any atom is 0.257 e. The fourth-order valence-corrected chi connectivity index (χ4v) is 4.15. The fraction of sp³-hybridized carbons (Fsp3) is 0.273. The molecule has 0 radical (unpaired) electrons. The summed E-state index contributed by atoms with van der Waals surface area (Å²) in [4.78, 5) is 28.3. The molecule has 1 aliphatic carbocycles. The lowest BCUT2D eigenvalue weighted by Gasteiger charge is -2.17. The molecule has 1 aromatic heterocycles. The molecule has 0 saturated carbocycles. The van der Waals surface area contributed by atoms with E-state index >= 15 is 0 Å². The Morgan fingerprint density at radius 2 is 1.55 bits per heavy atom. The molecular formula is C22H20N4O3. The molecule has 1 aliphatic heterocycles. The molecule has 7 heteroatoms. The summed E-state index contributed by atoms with van der Waals surface area (Å²) in [6, 6.07) is 11.1. The zero-order valence-corrected chi connectivity index (χ0v) is 16.1. The number of aromatic nitrogens is 3. The van der Waals surface area contributed by atoms with Gasteiger partial charge in [0.2, 0.25) is 0 Å². The number of fused-ring (bicyclic) bond motifs is 1. The van der Waals surface area contributed by atoms with Crippen molar-refractivity contribution in [2.24, 2.45) is 0 Å². The van der Waals surface area contributed by atoms with E-state index in [4.69, 9.17) is 0 Å². The first-order valence-electron chi connectivity index (χ1n) is 9.76. The van der Waals surface area contributed by atoms with Gasteiger partial charge < -0.3 is 5.11 Å². The highest BCUT2D eigenvalue weighted by Crippen LogP contribution is 2.35. The Kier molecular flexibility index (Phi) is 3.97. The number of aromatic hydroxyl groups is 1. The summed E-state index contributed by atoms with van der Waals surface area (Å²) >= 11 is 0. The number of rotatable bonds is 3. The molecule has 2 aromatic carbocycles. The van der Waals surface area contributed by atoms with E-state index in [0.29, 0.717) is 40.8 Å². The van der Waals surface area contributed by atoms with Gasteiger partial charge in [-0.3, -0.25) is 14.5 Å². The number of aryl methyl sites for hydroxylation is 1. The normalized spacial score (nSPS) is 16.8. The Bertz CT molecular complexity index is 1150. The zero-order valence-electron chi connectivity index (χ0n) is 16.1. The number of hydrogen-bond acceptors (Lipinski definition) is 5. The summed E-state index contributed by atoms with van der Waals surface area (Å²) in [5, 5.41) is 19.6. The zero-order chi connectivity index (χ0) is 20.1. The third-order valence-corrected chi connectivity index (χ3v) is 5.68. The Labute approximate surface area is 167 Å². The molecular weight excluding hydrogens is 368 g/mol. The summed E-state index contributed by atoms with van der Waals surface area (Å²) in [6.45, 7) is 1.81. The number of hydrogen-bond donors (Lipinski definition) is 1. The van der Waals surface area contributed by atoms with E-state index < -0.39 is 0 Å². The van der Waals surface area contributed by atoms with Crippen LogP contribution in [0.25, 0.3) is 16.7 Å². The van der Waals surface area contributed by atoms with Gasteiger partial charge >= 0.3 is 0 Å². The van der Waals surface area contributed by atoms with Gasteiger partial charge in [0.1, 0.15) is 16.8 Å². The molecule has 7 nitrogen and oxygen atoms in total. The third kappa shape index (κ3) is 2.81. The molecule has 0 saturated heterocycles. The van der Waals surface area contributed by atoms with Crippen LogP contribution in [0.15, 0.2) is 47.5 Å². The van der Waals surface area contributed by atoms with Crippen molar-refractivity contribution in [1.29, 1.82) is 0 Å². The van der Waals surface area contributed by atoms with Gasteiger partial charge in [0, 0.05) is 16.7 Å². The van der Waals surface area contributed by atoms with Gasteiger partial charge in [-0.2, -0.15) is 4.80 Å². The number of amides is 2. The van der Waals surface area contributed by atoms with Crippen LogP contribution in [0.2, 0.25) is 0 Å². The highest BCUT2D eigenvalue weighted by Gasteiger charge is 2.39. The summed E-state index contributed by atoms with van der Waals surface area (Å²) in [5.41, 5.74) is 4.63. The van der Waals surface area contributed by atoms with E-state index in [-0.39, 0.29) is 24.1 Å². The molecule has 2 heterocycles. The van der Waals surface area contributed by atoms with E-state index in [2.05, 4.69) is 10.2 Å². The first-order valence-corrected chi connectivity index (χ1v) is 9.76. The van der Waals surface area contributed by atoms with Crippen molar-refractivity contribution in [2.75, 3.05) is 0 Å². The van der Waals surface area contributed by atoms with Crippen LogP contribution in [0.4, 0.5) is 0 Å². The maximum atomic E-state index is 12.8. The van der Waals surface area contributed by atoms with Crippen LogP contribution in [0.3, 0.4) is 0 Å². The molecule has 0 atom stereocenters. The number of carbonyl (C=O) groups excluding carboxylic acids is 2. The Hall–Kier alpha value is -3.48. The van der Waals surface area contributed by atoms with Gasteiger partial charge in [-0.1, -0.05) is 12.1 Å². The quantitative estimate of drug-likeness (QED) is 0.696. The minimum atomic E-state index is -0.227. The summed E-state index contributed by atoms with van der Waals surface area (Å²) in [7, 11) is 0. The monoisotopic (exact) mass is 388 g/mol. The van der Waals surface area contributed by atoms with Crippen LogP contribution in [-0.4, -0.2) is 36.8 Å². The van der Waals surface area contributed by atoms with Gasteiger partial charge in [0.25, 0.3) is 11.8 Å². The average molecular weight is 388 g/mol. The van der Waals surface area contributed by atoms with Crippen LogP contribution in [0.5, 0.6) is 5.75 Å². The molecule has 5 rings (SSSR count). The molecule has 0 spiro atoms. The number of benzene rings is 2. The molecule has 0 fully saturated rings. The van der Waals surface area contributed by atoms with E-state index in [1.54, 1.807) is 19.1 Å². The smallest absolute Gasteiger partial charge is 0.257 e. The average Bonchev–Trinajstić information content (AvgIpc) is 3.27. The second kappa shape index (κ2) is 6.55. The number of phenols is 1. The predicted molar refractivity (Wildman–Crippen MR) is 106 cm³/mol. The largest absolute Gasteiger partial charge is 0.507 e. The number of phenolic OH excluding ortho intramolecular Hbond substituents is 1. The standard InChI is InChI=1S/C22H20N4O3/c1-13-10-15(26-23-18-8-4-5-9-19(18)24-26)11-14(20(13)27)12-25-21(28)16-6-2-3-7-17(16)22(25)29/h4-5,8-11,27H,2-3,6-7,12H2,1H3. The molecule has 146 valence electrons. The van der Waals surface area contributed by atoms with Crippen LogP contribution < -0.4 is 0 Å². The summed E-state index contributed by atoms with van der Waals surface area (Å²) in [5.74, 6) is -0.374. The maximum absolute atomic E-state index is 12.8. The molecule has 1 N–H and O–H groups in total. The van der Waals surface area contributed by atoms with Gasteiger partial charge in [-0.15, -0.1) is 10.2 Å². The van der Waals surface area contributed by atoms with Crippen LogP contribution in [0.1, 0.15) is 36.8 Å². The van der Waals surface area contributed by atoms with Crippen molar-refractivity contribution in [1.82, 2.24) is 19.9 Å². The first kappa shape index (κ1) is 17.6. The molecule has 0 bridgehead atoms. The Balaban J connectivity index is 1.51. The van der Waals surface area contributed by atoms with Crippen molar-refractivity contribution >= 4 is 22.8 Å². The van der Waals surface area contributed by atoms with Crippen molar-refractivity contribution in [2.45, 2.75) is 39.2 Å². The topological polar surface area (TPSA) is 88.3 Å². The Morgan fingerprint density at radius 3 is 2.14 bits per heavy atom. The first-order chi connectivity index (χ1) is 14.0.